The molecular formula is C13H21NO3S. The van der Waals surface area contributed by atoms with E-state index >= 15 is 0 Å². The molecular weight excluding hydrogens is 250 g/mol. The van der Waals surface area contributed by atoms with E-state index < -0.39 is 11.6 Å². The monoisotopic (exact) mass is 271 g/mol. The minimum Gasteiger partial charge on any atom is -0.478 e. The Labute approximate surface area is 112 Å². The van der Waals surface area contributed by atoms with Crippen molar-refractivity contribution in [2.45, 2.75) is 39.3 Å². The fourth-order valence-corrected chi connectivity index (χ4v) is 2.82. The van der Waals surface area contributed by atoms with Crippen molar-refractivity contribution >= 4 is 17.3 Å². The zero-order valence-electron chi connectivity index (χ0n) is 11.1. The molecule has 1 aromatic heterocycles. The van der Waals surface area contributed by atoms with Gasteiger partial charge in [-0.2, -0.15) is 0 Å². The lowest BCUT2D eigenvalue weighted by Gasteiger charge is -2.25. The molecule has 1 rings (SSSR count). The number of nitrogens with one attached hydrogen (secondary N) is 1. The van der Waals surface area contributed by atoms with Gasteiger partial charge in [-0.3, -0.25) is 0 Å². The van der Waals surface area contributed by atoms with E-state index in [1.54, 1.807) is 11.4 Å². The number of aromatic carboxylic acids is 1. The maximum Gasteiger partial charge on any atom is 0.336 e. The molecule has 102 valence electrons. The fraction of sp³-hybridized carbons (Fsp3) is 0.615. The van der Waals surface area contributed by atoms with Crippen LogP contribution < -0.4 is 5.32 Å². The molecule has 18 heavy (non-hydrogen) atoms. The third-order valence-electron chi connectivity index (χ3n) is 2.55. The highest BCUT2D eigenvalue weighted by Crippen LogP contribution is 2.17. The Morgan fingerprint density at radius 3 is 2.72 bits per heavy atom. The number of thiophene rings is 1. The van der Waals surface area contributed by atoms with Gasteiger partial charge >= 0.3 is 5.97 Å². The molecule has 0 amide bonds. The Bertz CT molecular complexity index is 399. The number of aliphatic hydroxyl groups is 1. The number of rotatable bonds is 7. The first-order valence-corrected chi connectivity index (χ1v) is 6.92. The third-order valence-corrected chi connectivity index (χ3v) is 3.49. The van der Waals surface area contributed by atoms with Crippen LogP contribution in [0.2, 0.25) is 0 Å². The van der Waals surface area contributed by atoms with Crippen LogP contribution in [0.1, 0.15) is 42.4 Å². The minimum absolute atomic E-state index is 0.325. The number of hydrogen-bond donors (Lipinski definition) is 3. The lowest BCUT2D eigenvalue weighted by Crippen LogP contribution is -2.38. The van der Waals surface area contributed by atoms with E-state index in [0.29, 0.717) is 24.6 Å². The van der Waals surface area contributed by atoms with Crippen molar-refractivity contribution < 1.29 is 15.0 Å². The van der Waals surface area contributed by atoms with Crippen LogP contribution in [-0.2, 0) is 6.54 Å². The predicted molar refractivity (Wildman–Crippen MR) is 73.1 cm³/mol. The second-order valence-electron chi connectivity index (χ2n) is 5.31. The summed E-state index contributed by atoms with van der Waals surface area (Å²) in [6.07, 6.45) is 0.741. The highest BCUT2D eigenvalue weighted by atomic mass is 32.1. The zero-order valence-corrected chi connectivity index (χ0v) is 11.9. The highest BCUT2D eigenvalue weighted by Gasteiger charge is 2.21. The summed E-state index contributed by atoms with van der Waals surface area (Å²) >= 11 is 1.42. The third kappa shape index (κ3) is 5.16. The Kier molecular flexibility index (Phi) is 5.31. The van der Waals surface area contributed by atoms with E-state index in [2.05, 4.69) is 19.2 Å². The van der Waals surface area contributed by atoms with Crippen molar-refractivity contribution in [2.24, 2.45) is 5.92 Å². The molecule has 4 nitrogen and oxygen atoms in total. The van der Waals surface area contributed by atoms with Gasteiger partial charge in [0.1, 0.15) is 0 Å². The second kappa shape index (κ2) is 6.31. The van der Waals surface area contributed by atoms with Crippen LogP contribution in [0, 0.1) is 5.92 Å². The van der Waals surface area contributed by atoms with Crippen LogP contribution in [0.25, 0.3) is 0 Å². The van der Waals surface area contributed by atoms with Crippen LogP contribution >= 0.6 is 11.3 Å². The molecule has 1 unspecified atom stereocenters. The lowest BCUT2D eigenvalue weighted by molar-refractivity contribution is 0.0383. The average Bonchev–Trinajstić information content (AvgIpc) is 2.63. The summed E-state index contributed by atoms with van der Waals surface area (Å²) in [5, 5.41) is 23.7. The summed E-state index contributed by atoms with van der Waals surface area (Å²) in [4.78, 5) is 11.7. The molecule has 0 radical (unpaired) electrons. The molecule has 0 bridgehead atoms. The van der Waals surface area contributed by atoms with Gasteiger partial charge in [-0.15, -0.1) is 11.3 Å². The SMILES string of the molecule is CC(C)CC(C)(O)CNCc1cc(C(=O)O)cs1. The van der Waals surface area contributed by atoms with Crippen LogP contribution in [0.5, 0.6) is 0 Å². The van der Waals surface area contributed by atoms with Gasteiger partial charge in [-0.1, -0.05) is 13.8 Å². The standard InChI is InChI=1S/C13H21NO3S/c1-9(2)5-13(3,17)8-14-6-11-4-10(7-18-11)12(15)16/h4,7,9,14,17H,5-6,8H2,1-3H3,(H,15,16). The van der Waals surface area contributed by atoms with Crippen LogP contribution in [0.3, 0.4) is 0 Å². The topological polar surface area (TPSA) is 69.6 Å². The van der Waals surface area contributed by atoms with Crippen molar-refractivity contribution in [3.63, 3.8) is 0 Å². The summed E-state index contributed by atoms with van der Waals surface area (Å²) < 4.78 is 0. The summed E-state index contributed by atoms with van der Waals surface area (Å²) in [5.41, 5.74) is -0.396. The Morgan fingerprint density at radius 1 is 1.56 bits per heavy atom. The molecule has 1 heterocycles. The molecule has 0 aromatic carbocycles. The van der Waals surface area contributed by atoms with Crippen molar-refractivity contribution in [3.8, 4) is 0 Å². The van der Waals surface area contributed by atoms with Crippen molar-refractivity contribution in [1.29, 1.82) is 0 Å². The Hall–Kier alpha value is -0.910. The molecule has 1 aromatic rings. The van der Waals surface area contributed by atoms with Crippen molar-refractivity contribution in [1.82, 2.24) is 5.32 Å². The summed E-state index contributed by atoms with van der Waals surface area (Å²) in [7, 11) is 0. The summed E-state index contributed by atoms with van der Waals surface area (Å²) in [6.45, 7) is 7.06. The van der Waals surface area contributed by atoms with Crippen LogP contribution in [-0.4, -0.2) is 28.3 Å². The minimum atomic E-state index is -0.899. The largest absolute Gasteiger partial charge is 0.478 e. The average molecular weight is 271 g/mol. The molecule has 0 fully saturated rings. The first-order valence-electron chi connectivity index (χ1n) is 6.04. The number of carboxylic acids is 1. The number of carboxylic acid groups (broad SMARTS) is 1. The van der Waals surface area contributed by atoms with Crippen molar-refractivity contribution in [3.05, 3.63) is 21.9 Å². The number of carbonyl (C=O) groups is 1. The normalized spacial score (nSPS) is 14.7. The molecule has 0 aliphatic carbocycles. The van der Waals surface area contributed by atoms with Gasteiger partial charge < -0.3 is 15.5 Å². The van der Waals surface area contributed by atoms with Crippen LogP contribution in [0.15, 0.2) is 11.4 Å². The second-order valence-corrected chi connectivity index (χ2v) is 6.30. The van der Waals surface area contributed by atoms with Crippen LogP contribution in [0.4, 0.5) is 0 Å². The van der Waals surface area contributed by atoms with Gasteiger partial charge in [-0.05, 0) is 25.3 Å². The number of hydrogen-bond acceptors (Lipinski definition) is 4. The molecule has 0 saturated carbocycles. The van der Waals surface area contributed by atoms with E-state index in [9.17, 15) is 9.90 Å². The van der Waals surface area contributed by atoms with E-state index in [0.717, 1.165) is 11.3 Å². The maximum absolute atomic E-state index is 10.7. The van der Waals surface area contributed by atoms with Gasteiger partial charge in [0, 0.05) is 23.3 Å². The quantitative estimate of drug-likeness (QED) is 0.712. The zero-order chi connectivity index (χ0) is 13.8. The van der Waals surface area contributed by atoms with E-state index in [1.807, 2.05) is 6.92 Å². The molecule has 0 saturated heterocycles. The Balaban J connectivity index is 2.39. The lowest BCUT2D eigenvalue weighted by atomic mass is 9.94. The Morgan fingerprint density at radius 2 is 2.22 bits per heavy atom. The summed E-state index contributed by atoms with van der Waals surface area (Å²) in [5.74, 6) is -0.452. The van der Waals surface area contributed by atoms with Gasteiger partial charge in [-0.25, -0.2) is 4.79 Å². The van der Waals surface area contributed by atoms with Gasteiger partial charge in [0.15, 0.2) is 0 Å². The maximum atomic E-state index is 10.7. The van der Waals surface area contributed by atoms with E-state index in [-0.39, 0.29) is 0 Å². The summed E-state index contributed by atoms with van der Waals surface area (Å²) in [6, 6.07) is 1.66. The van der Waals surface area contributed by atoms with Gasteiger partial charge in [0.05, 0.1) is 11.2 Å². The van der Waals surface area contributed by atoms with E-state index in [4.69, 9.17) is 5.11 Å². The molecule has 3 N–H and O–H groups in total. The fourth-order valence-electron chi connectivity index (χ4n) is 1.99. The predicted octanol–water partition coefficient (Wildman–Crippen LogP) is 2.33. The van der Waals surface area contributed by atoms with Crippen molar-refractivity contribution in [2.75, 3.05) is 6.54 Å². The first kappa shape index (κ1) is 15.1. The molecule has 5 heteroatoms. The molecule has 1 atom stereocenters. The molecule has 0 spiro atoms. The molecule has 0 aliphatic heterocycles. The van der Waals surface area contributed by atoms with Gasteiger partial charge in [0.2, 0.25) is 0 Å². The first-order chi connectivity index (χ1) is 8.30. The van der Waals surface area contributed by atoms with E-state index in [1.165, 1.54) is 11.3 Å². The molecule has 0 aliphatic rings. The smallest absolute Gasteiger partial charge is 0.336 e. The highest BCUT2D eigenvalue weighted by molar-refractivity contribution is 7.10. The van der Waals surface area contributed by atoms with Gasteiger partial charge in [0.25, 0.3) is 0 Å².